The third kappa shape index (κ3) is 5.01. The van der Waals surface area contributed by atoms with Crippen LogP contribution in [0.3, 0.4) is 0 Å². The summed E-state index contributed by atoms with van der Waals surface area (Å²) in [7, 11) is 0. The summed E-state index contributed by atoms with van der Waals surface area (Å²) < 4.78 is 11.2. The lowest BCUT2D eigenvalue weighted by atomic mass is 10.2. The summed E-state index contributed by atoms with van der Waals surface area (Å²) in [6.45, 7) is 2.74. The van der Waals surface area contributed by atoms with E-state index in [0.717, 1.165) is 5.39 Å². The highest BCUT2D eigenvalue weighted by Crippen LogP contribution is 2.21. The van der Waals surface area contributed by atoms with E-state index in [1.54, 1.807) is 17.0 Å². The number of β-amino-alcohol motifs (C(OH)–C–C–N with tert-alkyl or cyclic N) is 1. The van der Waals surface area contributed by atoms with E-state index in [0.29, 0.717) is 49.8 Å². The number of benzene rings is 2. The summed E-state index contributed by atoms with van der Waals surface area (Å²) in [6.07, 6.45) is -0.753. The van der Waals surface area contributed by atoms with Crippen molar-refractivity contribution in [2.75, 3.05) is 39.3 Å². The zero-order valence-corrected chi connectivity index (χ0v) is 16.8. The van der Waals surface area contributed by atoms with Gasteiger partial charge in [-0.3, -0.25) is 19.8 Å². The number of para-hydroxylation sites is 1. The monoisotopic (exact) mass is 425 g/mol. The summed E-state index contributed by atoms with van der Waals surface area (Å²) in [5.74, 6) is 0.542. The minimum atomic E-state index is -0.753. The summed E-state index contributed by atoms with van der Waals surface area (Å²) in [5.41, 5.74) is 0.633. The van der Waals surface area contributed by atoms with Gasteiger partial charge in [0.1, 0.15) is 24.0 Å². The van der Waals surface area contributed by atoms with Crippen LogP contribution in [0.2, 0.25) is 0 Å². The lowest BCUT2D eigenvalue weighted by Gasteiger charge is -2.35. The maximum Gasteiger partial charge on any atom is 0.289 e. The Morgan fingerprint density at radius 1 is 1.13 bits per heavy atom. The molecule has 1 fully saturated rings. The molecule has 0 radical (unpaired) electrons. The fraction of sp³-hybridized carbons (Fsp3) is 0.318. The van der Waals surface area contributed by atoms with Gasteiger partial charge < -0.3 is 19.2 Å². The number of aliphatic hydroxyl groups excluding tert-OH is 1. The normalized spacial score (nSPS) is 15.7. The number of hydrogen-bond acceptors (Lipinski definition) is 7. The van der Waals surface area contributed by atoms with Crippen molar-refractivity contribution >= 4 is 22.6 Å². The van der Waals surface area contributed by atoms with Crippen molar-refractivity contribution in [1.82, 2.24) is 9.80 Å². The van der Waals surface area contributed by atoms with Gasteiger partial charge in [-0.25, -0.2) is 0 Å². The standard InChI is InChI=1S/C22H23N3O6/c26-18(15-30-19-6-3-5-17(13-19)25(28)29)14-23-8-10-24(11-9-23)22(27)21-12-16-4-1-2-7-20(16)31-21/h1-7,12-13,18,26H,8-11,14-15H2. The van der Waals surface area contributed by atoms with Crippen molar-refractivity contribution < 1.29 is 24.0 Å². The van der Waals surface area contributed by atoms with Crippen LogP contribution in [0.1, 0.15) is 10.6 Å². The Kier molecular flexibility index (Phi) is 6.15. The van der Waals surface area contributed by atoms with Crippen molar-refractivity contribution in [3.8, 4) is 5.75 Å². The van der Waals surface area contributed by atoms with Gasteiger partial charge in [0, 0.05) is 44.2 Å². The molecule has 0 saturated carbocycles. The highest BCUT2D eigenvalue weighted by Gasteiger charge is 2.25. The maximum atomic E-state index is 12.7. The van der Waals surface area contributed by atoms with Gasteiger partial charge in [-0.1, -0.05) is 24.3 Å². The number of furan rings is 1. The molecule has 1 amide bonds. The number of fused-ring (bicyclic) bond motifs is 1. The Morgan fingerprint density at radius 2 is 1.90 bits per heavy atom. The van der Waals surface area contributed by atoms with Gasteiger partial charge in [-0.15, -0.1) is 0 Å². The van der Waals surface area contributed by atoms with E-state index in [-0.39, 0.29) is 18.2 Å². The number of carbonyl (C=O) groups excluding carboxylic acids is 1. The van der Waals surface area contributed by atoms with E-state index < -0.39 is 11.0 Å². The number of rotatable bonds is 7. The number of hydrogen-bond donors (Lipinski definition) is 1. The van der Waals surface area contributed by atoms with Crippen LogP contribution in [0.25, 0.3) is 11.0 Å². The summed E-state index contributed by atoms with van der Waals surface area (Å²) in [5, 5.41) is 22.0. The first-order valence-electron chi connectivity index (χ1n) is 10.0. The largest absolute Gasteiger partial charge is 0.491 e. The molecule has 0 aliphatic carbocycles. The van der Waals surface area contributed by atoms with Crippen molar-refractivity contribution in [1.29, 1.82) is 0 Å². The number of piperazine rings is 1. The van der Waals surface area contributed by atoms with Crippen LogP contribution in [-0.4, -0.2) is 71.2 Å². The number of aliphatic hydroxyl groups is 1. The summed E-state index contributed by atoms with van der Waals surface area (Å²) >= 11 is 0. The molecule has 0 spiro atoms. The van der Waals surface area contributed by atoms with Crippen LogP contribution in [0.15, 0.2) is 59.0 Å². The first-order chi connectivity index (χ1) is 15.0. The lowest BCUT2D eigenvalue weighted by molar-refractivity contribution is -0.384. The molecule has 1 saturated heterocycles. The first-order valence-corrected chi connectivity index (χ1v) is 10.0. The Morgan fingerprint density at radius 3 is 2.65 bits per heavy atom. The molecule has 1 aromatic heterocycles. The molecule has 4 rings (SSSR count). The van der Waals surface area contributed by atoms with Crippen LogP contribution in [0.5, 0.6) is 5.75 Å². The van der Waals surface area contributed by atoms with Gasteiger partial charge in [0.25, 0.3) is 11.6 Å². The van der Waals surface area contributed by atoms with Crippen molar-refractivity contribution in [3.05, 3.63) is 70.5 Å². The topological polar surface area (TPSA) is 109 Å². The Labute approximate surface area is 178 Å². The molecular weight excluding hydrogens is 402 g/mol. The molecule has 31 heavy (non-hydrogen) atoms. The second-order valence-electron chi connectivity index (χ2n) is 7.46. The first kappa shape index (κ1) is 20.8. The average molecular weight is 425 g/mol. The third-order valence-electron chi connectivity index (χ3n) is 5.24. The molecule has 162 valence electrons. The fourth-order valence-corrected chi connectivity index (χ4v) is 3.61. The number of non-ortho nitro benzene ring substituents is 1. The third-order valence-corrected chi connectivity index (χ3v) is 5.24. The molecule has 2 aromatic carbocycles. The predicted octanol–water partition coefficient (Wildman–Crippen LogP) is 2.54. The summed E-state index contributed by atoms with van der Waals surface area (Å²) in [4.78, 5) is 26.9. The average Bonchev–Trinajstić information content (AvgIpc) is 3.22. The zero-order chi connectivity index (χ0) is 21.8. The van der Waals surface area contributed by atoms with Gasteiger partial charge in [0.2, 0.25) is 0 Å². The number of carbonyl (C=O) groups is 1. The molecular formula is C22H23N3O6. The Bertz CT molecular complexity index is 1040. The van der Waals surface area contributed by atoms with E-state index in [4.69, 9.17) is 9.15 Å². The quantitative estimate of drug-likeness (QED) is 0.458. The van der Waals surface area contributed by atoms with E-state index in [1.807, 2.05) is 24.3 Å². The highest BCUT2D eigenvalue weighted by atomic mass is 16.6. The van der Waals surface area contributed by atoms with Crippen LogP contribution < -0.4 is 4.74 Å². The van der Waals surface area contributed by atoms with Crippen molar-refractivity contribution in [2.45, 2.75) is 6.10 Å². The number of nitro benzene ring substituents is 1. The van der Waals surface area contributed by atoms with Crippen LogP contribution >= 0.6 is 0 Å². The Balaban J connectivity index is 1.24. The van der Waals surface area contributed by atoms with Crippen molar-refractivity contribution in [3.63, 3.8) is 0 Å². The van der Waals surface area contributed by atoms with Gasteiger partial charge in [0.15, 0.2) is 5.76 Å². The number of nitro groups is 1. The predicted molar refractivity (Wildman–Crippen MR) is 113 cm³/mol. The lowest BCUT2D eigenvalue weighted by Crippen LogP contribution is -2.50. The van der Waals surface area contributed by atoms with E-state index in [9.17, 15) is 20.0 Å². The molecule has 1 aliphatic rings. The SMILES string of the molecule is O=C(c1cc2ccccc2o1)N1CCN(CC(O)COc2cccc([N+](=O)[O-])c2)CC1. The number of nitrogens with zero attached hydrogens (tertiary/aromatic N) is 3. The van der Waals surface area contributed by atoms with Gasteiger partial charge >= 0.3 is 0 Å². The highest BCUT2D eigenvalue weighted by molar-refractivity contribution is 5.96. The minimum absolute atomic E-state index is 0.0271. The second-order valence-corrected chi connectivity index (χ2v) is 7.46. The molecule has 1 unspecified atom stereocenters. The van der Waals surface area contributed by atoms with Gasteiger partial charge in [0.05, 0.1) is 11.0 Å². The summed E-state index contributed by atoms with van der Waals surface area (Å²) in [6, 6.07) is 15.1. The molecule has 3 aromatic rings. The van der Waals surface area contributed by atoms with Gasteiger partial charge in [-0.2, -0.15) is 0 Å². The van der Waals surface area contributed by atoms with E-state index in [2.05, 4.69) is 4.90 Å². The van der Waals surface area contributed by atoms with Crippen LogP contribution in [-0.2, 0) is 0 Å². The number of ether oxygens (including phenoxy) is 1. The zero-order valence-electron chi connectivity index (χ0n) is 16.8. The molecule has 9 heteroatoms. The number of amides is 1. The van der Waals surface area contributed by atoms with E-state index in [1.165, 1.54) is 18.2 Å². The Hall–Kier alpha value is -3.43. The van der Waals surface area contributed by atoms with Crippen LogP contribution in [0.4, 0.5) is 5.69 Å². The van der Waals surface area contributed by atoms with Crippen LogP contribution in [0, 0.1) is 10.1 Å². The fourth-order valence-electron chi connectivity index (χ4n) is 3.61. The van der Waals surface area contributed by atoms with Crippen molar-refractivity contribution in [2.24, 2.45) is 0 Å². The molecule has 1 atom stereocenters. The smallest absolute Gasteiger partial charge is 0.289 e. The minimum Gasteiger partial charge on any atom is -0.491 e. The molecule has 9 nitrogen and oxygen atoms in total. The second kappa shape index (κ2) is 9.15. The van der Waals surface area contributed by atoms with Gasteiger partial charge in [-0.05, 0) is 18.2 Å². The molecule has 1 aliphatic heterocycles. The molecule has 0 bridgehead atoms. The molecule has 2 heterocycles. The van der Waals surface area contributed by atoms with E-state index >= 15 is 0 Å². The maximum absolute atomic E-state index is 12.7. The molecule has 1 N–H and O–H groups in total.